The third kappa shape index (κ3) is 2.86. The Bertz CT molecular complexity index is 482. The third-order valence-electron chi connectivity index (χ3n) is 2.48. The average molecular weight is 254 g/mol. The summed E-state index contributed by atoms with van der Waals surface area (Å²) >= 11 is 5.95. The Morgan fingerprint density at radius 3 is 2.76 bits per heavy atom. The summed E-state index contributed by atoms with van der Waals surface area (Å²) in [5.74, 6) is 0. The van der Waals surface area contributed by atoms with Gasteiger partial charge < -0.3 is 4.90 Å². The Hall–Kier alpha value is -1.80. The van der Waals surface area contributed by atoms with Crippen LogP contribution in [-0.2, 0) is 0 Å². The average Bonchev–Trinajstić information content (AvgIpc) is 2.28. The number of nitro benzene ring substituents is 1. The number of anilines is 1. The maximum absolute atomic E-state index is 10.9. The second-order valence-corrected chi connectivity index (χ2v) is 4.03. The number of halogens is 1. The van der Waals surface area contributed by atoms with Gasteiger partial charge in [0.25, 0.3) is 5.69 Å². The molecular weight excluding hydrogens is 242 g/mol. The molecule has 0 aliphatic carbocycles. The van der Waals surface area contributed by atoms with Gasteiger partial charge in [-0.3, -0.25) is 10.1 Å². The number of hydrogen-bond donors (Lipinski definition) is 0. The minimum Gasteiger partial charge on any atom is -0.368 e. The second-order valence-electron chi connectivity index (χ2n) is 3.63. The topological polar surface area (TPSA) is 70.2 Å². The highest BCUT2D eigenvalue weighted by Gasteiger charge is 2.20. The molecule has 0 saturated carbocycles. The van der Waals surface area contributed by atoms with Gasteiger partial charge in [-0.15, -0.1) is 0 Å². The van der Waals surface area contributed by atoms with Crippen LogP contribution in [0.2, 0.25) is 5.02 Å². The predicted octanol–water partition coefficient (Wildman–Crippen LogP) is 2.91. The first-order valence-electron chi connectivity index (χ1n) is 5.00. The minimum absolute atomic E-state index is 0.00680. The van der Waals surface area contributed by atoms with Crippen molar-refractivity contribution in [1.82, 2.24) is 0 Å². The van der Waals surface area contributed by atoms with E-state index in [2.05, 4.69) is 0 Å². The summed E-state index contributed by atoms with van der Waals surface area (Å²) in [5.41, 5.74) is 1.13. The van der Waals surface area contributed by atoms with E-state index in [1.807, 2.05) is 6.07 Å². The SMILES string of the molecule is Cc1c(Cl)ccc([N+](=O)[O-])c1N(C)CCC#N. The number of nitrogens with zero attached hydrogens (tertiary/aromatic N) is 3. The zero-order valence-electron chi connectivity index (χ0n) is 9.61. The van der Waals surface area contributed by atoms with Crippen molar-refractivity contribution in [2.45, 2.75) is 13.3 Å². The molecule has 0 aliphatic heterocycles. The molecule has 17 heavy (non-hydrogen) atoms. The minimum atomic E-state index is -0.443. The molecule has 0 spiro atoms. The van der Waals surface area contributed by atoms with Gasteiger partial charge in [-0.2, -0.15) is 5.26 Å². The monoisotopic (exact) mass is 253 g/mol. The van der Waals surface area contributed by atoms with Gasteiger partial charge in [-0.05, 0) is 18.6 Å². The Kier molecular flexibility index (Phi) is 4.30. The third-order valence-corrected chi connectivity index (χ3v) is 2.89. The summed E-state index contributed by atoms with van der Waals surface area (Å²) in [7, 11) is 1.71. The first-order valence-corrected chi connectivity index (χ1v) is 5.38. The van der Waals surface area contributed by atoms with E-state index >= 15 is 0 Å². The zero-order chi connectivity index (χ0) is 13.0. The molecule has 0 atom stereocenters. The highest BCUT2D eigenvalue weighted by atomic mass is 35.5. The van der Waals surface area contributed by atoms with Crippen molar-refractivity contribution in [1.29, 1.82) is 5.26 Å². The van der Waals surface area contributed by atoms with Gasteiger partial charge in [0.2, 0.25) is 0 Å². The summed E-state index contributed by atoms with van der Waals surface area (Å²) in [6, 6.07) is 4.90. The summed E-state index contributed by atoms with van der Waals surface area (Å²) in [5, 5.41) is 19.9. The lowest BCUT2D eigenvalue weighted by Gasteiger charge is -2.20. The van der Waals surface area contributed by atoms with Crippen molar-refractivity contribution in [2.75, 3.05) is 18.5 Å². The quantitative estimate of drug-likeness (QED) is 0.611. The summed E-state index contributed by atoms with van der Waals surface area (Å²) in [6.45, 7) is 2.16. The molecule has 0 radical (unpaired) electrons. The van der Waals surface area contributed by atoms with Crippen LogP contribution < -0.4 is 4.90 Å². The van der Waals surface area contributed by atoms with E-state index in [-0.39, 0.29) is 5.69 Å². The van der Waals surface area contributed by atoms with Gasteiger partial charge >= 0.3 is 0 Å². The number of hydrogen-bond acceptors (Lipinski definition) is 4. The maximum atomic E-state index is 10.9. The van der Waals surface area contributed by atoms with E-state index in [0.717, 1.165) is 0 Å². The summed E-state index contributed by atoms with van der Waals surface area (Å²) in [6.07, 6.45) is 0.305. The summed E-state index contributed by atoms with van der Waals surface area (Å²) in [4.78, 5) is 12.2. The van der Waals surface area contributed by atoms with Crippen molar-refractivity contribution in [3.05, 3.63) is 32.8 Å². The molecular formula is C11H12ClN3O2. The van der Waals surface area contributed by atoms with E-state index < -0.39 is 4.92 Å². The van der Waals surface area contributed by atoms with Crippen LogP contribution in [0.25, 0.3) is 0 Å². The highest BCUT2D eigenvalue weighted by Crippen LogP contribution is 2.35. The van der Waals surface area contributed by atoms with Gasteiger partial charge in [0, 0.05) is 24.7 Å². The van der Waals surface area contributed by atoms with Gasteiger partial charge in [-0.1, -0.05) is 11.6 Å². The van der Waals surface area contributed by atoms with Gasteiger partial charge in [0.05, 0.1) is 17.4 Å². The number of nitro groups is 1. The molecule has 5 nitrogen and oxygen atoms in total. The molecule has 90 valence electrons. The molecule has 1 aromatic rings. The van der Waals surface area contributed by atoms with Crippen LogP contribution >= 0.6 is 11.6 Å². The Labute approximate surface area is 104 Å². The molecule has 0 N–H and O–H groups in total. The van der Waals surface area contributed by atoms with Crippen LogP contribution in [0.1, 0.15) is 12.0 Å². The zero-order valence-corrected chi connectivity index (χ0v) is 10.4. The molecule has 6 heteroatoms. The van der Waals surface area contributed by atoms with Crippen molar-refractivity contribution in [3.8, 4) is 6.07 Å². The normalized spacial score (nSPS) is 9.76. The lowest BCUT2D eigenvalue weighted by atomic mass is 10.1. The lowest BCUT2D eigenvalue weighted by Crippen LogP contribution is -2.20. The summed E-state index contributed by atoms with van der Waals surface area (Å²) < 4.78 is 0. The first-order chi connectivity index (χ1) is 7.99. The fourth-order valence-corrected chi connectivity index (χ4v) is 1.77. The Morgan fingerprint density at radius 2 is 2.24 bits per heavy atom. The number of nitriles is 1. The van der Waals surface area contributed by atoms with Crippen molar-refractivity contribution in [3.63, 3.8) is 0 Å². The van der Waals surface area contributed by atoms with Gasteiger partial charge in [0.15, 0.2) is 0 Å². The Morgan fingerprint density at radius 1 is 1.59 bits per heavy atom. The number of rotatable bonds is 4. The second kappa shape index (κ2) is 5.51. The van der Waals surface area contributed by atoms with Crippen molar-refractivity contribution in [2.24, 2.45) is 0 Å². The fraction of sp³-hybridized carbons (Fsp3) is 0.364. The van der Waals surface area contributed by atoms with Gasteiger partial charge in [0.1, 0.15) is 5.69 Å². The van der Waals surface area contributed by atoms with Crippen LogP contribution in [-0.4, -0.2) is 18.5 Å². The molecule has 0 unspecified atom stereocenters. The van der Waals surface area contributed by atoms with Crippen molar-refractivity contribution < 1.29 is 4.92 Å². The highest BCUT2D eigenvalue weighted by molar-refractivity contribution is 6.31. The molecule has 0 aromatic heterocycles. The smallest absolute Gasteiger partial charge is 0.292 e. The van der Waals surface area contributed by atoms with E-state index in [0.29, 0.717) is 29.2 Å². The first kappa shape index (κ1) is 13.3. The van der Waals surface area contributed by atoms with Crippen LogP contribution in [0.15, 0.2) is 12.1 Å². The molecule has 0 amide bonds. The maximum Gasteiger partial charge on any atom is 0.292 e. The molecule has 0 bridgehead atoms. The van der Waals surface area contributed by atoms with Gasteiger partial charge in [-0.25, -0.2) is 0 Å². The molecule has 0 saturated heterocycles. The van der Waals surface area contributed by atoms with Crippen molar-refractivity contribution >= 4 is 23.0 Å². The standard InChI is InChI=1S/C11H12ClN3O2/c1-8-9(12)4-5-10(15(16)17)11(8)14(2)7-3-6-13/h4-5H,3,7H2,1-2H3. The van der Waals surface area contributed by atoms with Crippen LogP contribution in [0.4, 0.5) is 11.4 Å². The molecule has 0 aliphatic rings. The lowest BCUT2D eigenvalue weighted by molar-refractivity contribution is -0.384. The number of benzene rings is 1. The van der Waals surface area contributed by atoms with Crippen LogP contribution in [0, 0.1) is 28.4 Å². The van der Waals surface area contributed by atoms with E-state index in [1.54, 1.807) is 18.9 Å². The fourth-order valence-electron chi connectivity index (χ4n) is 1.62. The van der Waals surface area contributed by atoms with Crippen LogP contribution in [0.3, 0.4) is 0 Å². The molecule has 0 fully saturated rings. The van der Waals surface area contributed by atoms with Crippen LogP contribution in [0.5, 0.6) is 0 Å². The largest absolute Gasteiger partial charge is 0.368 e. The molecule has 0 heterocycles. The molecule has 1 rings (SSSR count). The van der Waals surface area contributed by atoms with E-state index in [4.69, 9.17) is 16.9 Å². The predicted molar refractivity (Wildman–Crippen MR) is 66.3 cm³/mol. The van der Waals surface area contributed by atoms with E-state index in [9.17, 15) is 10.1 Å². The van der Waals surface area contributed by atoms with E-state index in [1.165, 1.54) is 12.1 Å². The molecule has 1 aromatic carbocycles. The Balaban J connectivity index is 3.23.